The predicted octanol–water partition coefficient (Wildman–Crippen LogP) is 11.5. The van der Waals surface area contributed by atoms with Gasteiger partial charge in [0.15, 0.2) is 44.1 Å². The molecule has 0 heterocycles. The second-order valence-corrected chi connectivity index (χ2v) is 22.1. The van der Waals surface area contributed by atoms with Crippen LogP contribution in [0.3, 0.4) is 0 Å². The van der Waals surface area contributed by atoms with Crippen LogP contribution in [-0.4, -0.2) is 26.7 Å². The molecule has 0 aliphatic heterocycles. The van der Waals surface area contributed by atoms with Crippen LogP contribution in [0.25, 0.3) is 0 Å². The van der Waals surface area contributed by atoms with Gasteiger partial charge < -0.3 is 0 Å². The van der Waals surface area contributed by atoms with Crippen LogP contribution in [0.15, 0.2) is 317 Å². The summed E-state index contributed by atoms with van der Waals surface area (Å²) in [7, 11) is -0.0439. The molecule has 0 aliphatic rings. The van der Waals surface area contributed by atoms with Crippen LogP contribution in [0.2, 0.25) is 0 Å². The Kier molecular flexibility index (Phi) is 22.1. The van der Waals surface area contributed by atoms with E-state index < -0.39 is 26.7 Å². The zero-order valence-electron chi connectivity index (χ0n) is 35.5. The summed E-state index contributed by atoms with van der Waals surface area (Å²) in [5.74, 6) is 0. The van der Waals surface area contributed by atoms with Gasteiger partial charge in [-0.25, -0.2) is 0 Å². The molecule has 0 radical (unpaired) electrons. The normalized spacial score (nSPS) is 10.6. The number of hydrogen-bond acceptors (Lipinski definition) is 4. The molecule has 0 atom stereocenters. The zero-order chi connectivity index (χ0) is 46.8. The summed E-state index contributed by atoms with van der Waals surface area (Å²) in [6.45, 7) is -3.67. The second-order valence-electron chi connectivity index (χ2n) is 13.4. The van der Waals surface area contributed by atoms with E-state index in [1.165, 1.54) is 44.1 Å². The van der Waals surface area contributed by atoms with Crippen LogP contribution < -0.4 is 10.2 Å². The van der Waals surface area contributed by atoms with E-state index in [2.05, 4.69) is 273 Å². The fourth-order valence-corrected chi connectivity index (χ4v) is 12.5. The summed E-state index contributed by atoms with van der Waals surface area (Å²) < 4.78 is 63.6. The third-order valence-corrected chi connectivity index (χ3v) is 15.5. The third kappa shape index (κ3) is 18.3. The average Bonchev–Trinajstić information content (AvgIpc) is 3.35. The molecule has 11 heteroatoms. The molecule has 9 rings (SSSR count). The first kappa shape index (κ1) is 51.3. The molecule has 4 nitrogen and oxygen atoms in total. The van der Waals surface area contributed by atoms with Gasteiger partial charge in [-0.2, -0.15) is 13.2 Å². The van der Waals surface area contributed by atoms with E-state index >= 15 is 0 Å². The molecule has 334 valence electrons. The largest absolute Gasteiger partial charge is 0.166 e. The maximum Gasteiger partial charge on any atom is 0.166 e. The molecule has 0 spiro atoms. The van der Waals surface area contributed by atoms with Crippen molar-refractivity contribution in [3.05, 3.63) is 273 Å². The Labute approximate surface area is 399 Å². The minimum Gasteiger partial charge on any atom is -0.0619 e. The summed E-state index contributed by atoms with van der Waals surface area (Å²) in [4.78, 5) is 12.2. The van der Waals surface area contributed by atoms with Crippen molar-refractivity contribution in [1.82, 2.24) is 0 Å². The molecule has 0 N–H and O–H groups in total. The third-order valence-electron chi connectivity index (χ3n) is 8.81. The van der Waals surface area contributed by atoms with Crippen molar-refractivity contribution in [2.24, 2.45) is 0 Å². The van der Waals surface area contributed by atoms with Gasteiger partial charge >= 0.3 is 39.9 Å². The Morgan fingerprint density at radius 1 is 0.258 bits per heavy atom. The summed E-state index contributed by atoms with van der Waals surface area (Å²) in [6.07, 6.45) is 0. The maximum atomic E-state index is 9.67. The quantitative estimate of drug-likeness (QED) is 0.106. The summed E-state index contributed by atoms with van der Waals surface area (Å²) >= 11 is -6.10. The molecule has 0 saturated heterocycles. The van der Waals surface area contributed by atoms with Crippen molar-refractivity contribution < 1.29 is 26.3 Å². The molecule has 0 amide bonds. The van der Waals surface area contributed by atoms with E-state index in [-0.39, 0.29) is 32.7 Å². The Bertz CT molecular complexity index is 2110. The van der Waals surface area contributed by atoms with Crippen molar-refractivity contribution in [3.63, 3.8) is 0 Å². The van der Waals surface area contributed by atoms with Gasteiger partial charge in [-0.05, 0) is 109 Å². The monoisotopic (exact) mass is 1040 g/mol. The Morgan fingerprint density at radius 3 is 0.409 bits per heavy atom. The first-order valence-electron chi connectivity index (χ1n) is 20.4. The number of alkyl halides is 3. The number of rotatable bonds is 9. The van der Waals surface area contributed by atoms with Crippen LogP contribution in [0.4, 0.5) is 13.2 Å². The Hall–Kier alpha value is -5.68. The van der Waals surface area contributed by atoms with E-state index in [0.717, 1.165) is 0 Å². The summed E-state index contributed by atoms with van der Waals surface area (Å²) in [6, 6.07) is 96.5. The van der Waals surface area contributed by atoms with Crippen LogP contribution in [0, 0.1) is 0 Å². The van der Waals surface area contributed by atoms with E-state index in [9.17, 15) is 13.2 Å². The fraction of sp³-hybridized carbons (Fsp3) is 0.0182. The molecular formula is C55H46F3O4S3Sb. The topological polar surface area (TPSA) is 86.2 Å². The van der Waals surface area contributed by atoms with Gasteiger partial charge in [-0.1, -0.05) is 164 Å². The molecule has 0 bridgehead atoms. The number of benzene rings is 9. The van der Waals surface area contributed by atoms with E-state index in [1.54, 1.807) is 0 Å². The molecule has 9 aromatic rings. The van der Waals surface area contributed by atoms with E-state index in [0.29, 0.717) is 0 Å². The minimum atomic E-state index is -6.10. The van der Waals surface area contributed by atoms with E-state index in [4.69, 9.17) is 13.2 Å². The molecule has 0 saturated carbocycles. The maximum absolute atomic E-state index is 9.67. The molecule has 0 unspecified atom stereocenters. The minimum absolute atomic E-state index is 0.0146. The van der Waals surface area contributed by atoms with Crippen molar-refractivity contribution in [3.8, 4) is 0 Å². The van der Waals surface area contributed by atoms with Crippen LogP contribution >= 0.6 is 0 Å². The van der Waals surface area contributed by atoms with E-state index in [1.807, 2.05) is 0 Å². The molecule has 66 heavy (non-hydrogen) atoms. The van der Waals surface area contributed by atoms with Gasteiger partial charge in [0.25, 0.3) is 0 Å². The predicted molar refractivity (Wildman–Crippen MR) is 258 cm³/mol. The first-order valence-corrected chi connectivity index (χ1v) is 28.3. The van der Waals surface area contributed by atoms with Crippen LogP contribution in [0.1, 0.15) is 0 Å². The molecule has 0 aromatic heterocycles. The smallest absolute Gasteiger partial charge is 0.0619 e. The molecule has 0 fully saturated rings. The standard InChI is InChI=1S/3C18H15S.CHF3.4O.Sb/c3*1-4-10-16(11-5-1)19(17-12-6-2-7-13-17)18-14-8-3-9-15-18;2-1(3)4;;;;;/h3*1-15H;1H;;;;;/q3*+1;;;3*-1;. The van der Waals surface area contributed by atoms with Crippen molar-refractivity contribution in [2.45, 2.75) is 50.7 Å². The average molecular weight is 1050 g/mol. The first-order chi connectivity index (χ1) is 32.1. The van der Waals surface area contributed by atoms with Gasteiger partial charge in [0.2, 0.25) is 0 Å². The van der Waals surface area contributed by atoms with Crippen molar-refractivity contribution >= 4 is 52.7 Å². The molecular weight excluding hydrogens is 1000 g/mol. The fourth-order valence-electron chi connectivity index (χ4n) is 6.23. The van der Waals surface area contributed by atoms with Gasteiger partial charge in [0.05, 0.1) is 32.7 Å². The van der Waals surface area contributed by atoms with Crippen LogP contribution in [-0.2, 0) is 35.7 Å². The Balaban J connectivity index is 0.000000170. The van der Waals surface area contributed by atoms with Gasteiger partial charge in [-0.15, -0.1) is 0 Å². The van der Waals surface area contributed by atoms with Gasteiger partial charge in [0, 0.05) is 0 Å². The van der Waals surface area contributed by atoms with Crippen molar-refractivity contribution in [2.75, 3.05) is 0 Å². The molecule has 9 aromatic carbocycles. The number of halogens is 3. The van der Waals surface area contributed by atoms with Gasteiger partial charge in [0.1, 0.15) is 0 Å². The number of hydrogen-bond donors (Lipinski definition) is 0. The zero-order valence-corrected chi connectivity index (χ0v) is 40.5. The summed E-state index contributed by atoms with van der Waals surface area (Å²) in [5, 5.41) is 0. The van der Waals surface area contributed by atoms with Crippen LogP contribution in [0.5, 0.6) is 0 Å². The Morgan fingerprint density at radius 2 is 0.333 bits per heavy atom. The summed E-state index contributed by atoms with van der Waals surface area (Å²) in [5.41, 5.74) is 0. The van der Waals surface area contributed by atoms with Crippen molar-refractivity contribution in [1.29, 1.82) is 0 Å². The second kappa shape index (κ2) is 28.4. The molecule has 0 aliphatic carbocycles. The SMILES string of the molecule is FC(F)F.[O]=[Sb]([O-])([O-])[O-].c1ccc([S+](c2ccccc2)c2ccccc2)cc1.c1ccc([S+](c2ccccc2)c2ccccc2)cc1.c1ccc([S+](c2ccccc2)c2ccccc2)cc1. The van der Waals surface area contributed by atoms with Gasteiger partial charge in [-0.3, -0.25) is 0 Å².